The molecule has 0 fully saturated rings. The summed E-state index contributed by atoms with van der Waals surface area (Å²) in [6, 6.07) is -0.412. The van der Waals surface area contributed by atoms with Gasteiger partial charge in [-0.1, -0.05) is 0 Å². The van der Waals surface area contributed by atoms with E-state index in [2.05, 4.69) is 9.84 Å². The number of hydrogen-bond acceptors (Lipinski definition) is 5. The first-order valence-electron chi connectivity index (χ1n) is 5.04. The minimum Gasteiger partial charge on any atom is -0.468 e. The average molecular weight is 226 g/mol. The number of hydrogen-bond donors (Lipinski definition) is 1. The summed E-state index contributed by atoms with van der Waals surface area (Å²) in [5.41, 5.74) is 6.58. The number of carbonyl (C=O) groups excluding carboxylic acids is 1. The Kier molecular flexibility index (Phi) is 4.45. The molecule has 0 aliphatic rings. The Balaban J connectivity index is 2.62. The van der Waals surface area contributed by atoms with Crippen molar-refractivity contribution in [2.24, 2.45) is 12.8 Å². The van der Waals surface area contributed by atoms with Gasteiger partial charge in [-0.25, -0.2) is 0 Å². The highest BCUT2D eigenvalue weighted by Gasteiger charge is 2.22. The van der Waals surface area contributed by atoms with Crippen LogP contribution in [0.3, 0.4) is 0 Å². The number of methoxy groups -OCH3 is 1. The smallest absolute Gasteiger partial charge is 0.324 e. The van der Waals surface area contributed by atoms with E-state index in [4.69, 9.17) is 5.73 Å². The number of aryl methyl sites for hydroxylation is 1. The number of aromatic nitrogens is 2. The van der Waals surface area contributed by atoms with Crippen molar-refractivity contribution in [3.8, 4) is 0 Å². The van der Waals surface area contributed by atoms with Crippen molar-refractivity contribution in [1.29, 1.82) is 0 Å². The number of rotatable bonds is 5. The van der Waals surface area contributed by atoms with Crippen molar-refractivity contribution >= 4 is 5.97 Å². The molecule has 1 atom stereocenters. The normalized spacial score (nSPS) is 12.8. The van der Waals surface area contributed by atoms with Crippen LogP contribution >= 0.6 is 0 Å². The molecule has 6 heteroatoms. The van der Waals surface area contributed by atoms with Gasteiger partial charge in [0.15, 0.2) is 0 Å². The van der Waals surface area contributed by atoms with Gasteiger partial charge in [0.05, 0.1) is 13.3 Å². The van der Waals surface area contributed by atoms with Crippen LogP contribution in [0.25, 0.3) is 0 Å². The van der Waals surface area contributed by atoms with Crippen LogP contribution in [-0.2, 0) is 23.1 Å². The molecule has 0 aliphatic carbocycles. The molecular weight excluding hydrogens is 208 g/mol. The van der Waals surface area contributed by atoms with Crippen LogP contribution in [0.1, 0.15) is 5.56 Å². The lowest BCUT2D eigenvalue weighted by Crippen LogP contribution is -2.44. The molecule has 0 saturated heterocycles. The van der Waals surface area contributed by atoms with Crippen molar-refractivity contribution in [3.05, 3.63) is 18.0 Å². The van der Waals surface area contributed by atoms with Gasteiger partial charge in [-0.2, -0.15) is 5.10 Å². The minimum atomic E-state index is -0.412. The molecule has 1 rings (SSSR count). The van der Waals surface area contributed by atoms with Gasteiger partial charge < -0.3 is 10.5 Å². The summed E-state index contributed by atoms with van der Waals surface area (Å²) in [7, 11) is 5.05. The highest BCUT2D eigenvalue weighted by atomic mass is 16.5. The van der Waals surface area contributed by atoms with Gasteiger partial charge in [0.1, 0.15) is 6.04 Å². The van der Waals surface area contributed by atoms with E-state index in [1.54, 1.807) is 10.9 Å². The predicted octanol–water partition coefficient (Wildman–Crippen LogP) is -0.648. The monoisotopic (exact) mass is 226 g/mol. The number of likely N-dealkylation sites (N-methyl/N-ethyl adjacent to an activating group) is 1. The van der Waals surface area contributed by atoms with Crippen molar-refractivity contribution in [3.63, 3.8) is 0 Å². The zero-order valence-electron chi connectivity index (χ0n) is 9.88. The third kappa shape index (κ3) is 3.04. The third-order valence-corrected chi connectivity index (χ3v) is 2.42. The Hall–Kier alpha value is -1.40. The Bertz CT molecular complexity index is 350. The second-order valence-electron chi connectivity index (χ2n) is 3.71. The fourth-order valence-electron chi connectivity index (χ4n) is 1.54. The first-order chi connectivity index (χ1) is 7.58. The summed E-state index contributed by atoms with van der Waals surface area (Å²) in [4.78, 5) is 13.3. The molecular formula is C10H18N4O2. The van der Waals surface area contributed by atoms with Gasteiger partial charge in [-0.05, 0) is 7.05 Å². The lowest BCUT2D eigenvalue weighted by Gasteiger charge is -2.23. The lowest BCUT2D eigenvalue weighted by atomic mass is 10.2. The summed E-state index contributed by atoms with van der Waals surface area (Å²) >= 11 is 0. The fourth-order valence-corrected chi connectivity index (χ4v) is 1.54. The molecule has 1 unspecified atom stereocenters. The molecule has 6 nitrogen and oxygen atoms in total. The molecule has 90 valence electrons. The van der Waals surface area contributed by atoms with Gasteiger partial charge in [0.25, 0.3) is 0 Å². The van der Waals surface area contributed by atoms with Crippen LogP contribution in [0.2, 0.25) is 0 Å². The number of nitrogens with two attached hydrogens (primary N) is 1. The van der Waals surface area contributed by atoms with Gasteiger partial charge in [0, 0.05) is 31.9 Å². The maximum atomic E-state index is 11.4. The van der Waals surface area contributed by atoms with Crippen molar-refractivity contribution in [2.75, 3.05) is 20.7 Å². The Morgan fingerprint density at radius 3 is 2.88 bits per heavy atom. The Morgan fingerprint density at radius 1 is 1.75 bits per heavy atom. The molecule has 1 heterocycles. The number of carbonyl (C=O) groups is 1. The maximum Gasteiger partial charge on any atom is 0.324 e. The van der Waals surface area contributed by atoms with Gasteiger partial charge in [-0.15, -0.1) is 0 Å². The molecule has 0 saturated carbocycles. The van der Waals surface area contributed by atoms with Gasteiger partial charge >= 0.3 is 5.97 Å². The molecule has 1 aromatic heterocycles. The summed E-state index contributed by atoms with van der Waals surface area (Å²) in [6.07, 6.45) is 3.67. The van der Waals surface area contributed by atoms with Gasteiger partial charge in [0.2, 0.25) is 0 Å². The summed E-state index contributed by atoms with van der Waals surface area (Å²) in [5.74, 6) is -0.311. The van der Waals surface area contributed by atoms with Crippen LogP contribution in [0.5, 0.6) is 0 Å². The Morgan fingerprint density at radius 2 is 2.44 bits per heavy atom. The zero-order valence-corrected chi connectivity index (χ0v) is 9.88. The number of esters is 1. The molecule has 0 amide bonds. The molecule has 2 N–H and O–H groups in total. The quantitative estimate of drug-likeness (QED) is 0.676. The fraction of sp³-hybridized carbons (Fsp3) is 0.600. The number of ether oxygens (including phenoxy) is 1. The van der Waals surface area contributed by atoms with Gasteiger partial charge in [-0.3, -0.25) is 14.4 Å². The SMILES string of the molecule is COC(=O)C(CN)N(C)Cc1cnn(C)c1. The van der Waals surface area contributed by atoms with E-state index in [9.17, 15) is 4.79 Å². The van der Waals surface area contributed by atoms with Crippen LogP contribution in [0.4, 0.5) is 0 Å². The average Bonchev–Trinajstić information content (AvgIpc) is 2.64. The Labute approximate surface area is 95.0 Å². The second-order valence-corrected chi connectivity index (χ2v) is 3.71. The van der Waals surface area contributed by atoms with E-state index < -0.39 is 6.04 Å². The molecule has 0 aliphatic heterocycles. The molecule has 0 spiro atoms. The van der Waals surface area contributed by atoms with E-state index in [1.165, 1.54) is 7.11 Å². The summed E-state index contributed by atoms with van der Waals surface area (Å²) in [6.45, 7) is 0.855. The van der Waals surface area contributed by atoms with E-state index in [0.717, 1.165) is 5.56 Å². The summed E-state index contributed by atoms with van der Waals surface area (Å²) in [5, 5.41) is 4.06. The first kappa shape index (κ1) is 12.7. The second kappa shape index (κ2) is 5.62. The predicted molar refractivity (Wildman–Crippen MR) is 59.5 cm³/mol. The standard InChI is InChI=1S/C10H18N4O2/c1-13(9(4-11)10(15)16-3)6-8-5-12-14(2)7-8/h5,7,9H,4,6,11H2,1-3H3. The third-order valence-electron chi connectivity index (χ3n) is 2.42. The minimum absolute atomic E-state index is 0.240. The van der Waals surface area contributed by atoms with E-state index in [1.807, 2.05) is 25.2 Å². The van der Waals surface area contributed by atoms with Crippen LogP contribution in [-0.4, -0.2) is 47.4 Å². The van der Waals surface area contributed by atoms with E-state index in [-0.39, 0.29) is 12.5 Å². The summed E-state index contributed by atoms with van der Waals surface area (Å²) < 4.78 is 6.41. The molecule has 0 bridgehead atoms. The van der Waals surface area contributed by atoms with Crippen molar-refractivity contribution < 1.29 is 9.53 Å². The highest BCUT2D eigenvalue weighted by molar-refractivity contribution is 5.75. The molecule has 0 radical (unpaired) electrons. The van der Waals surface area contributed by atoms with Crippen LogP contribution in [0.15, 0.2) is 12.4 Å². The highest BCUT2D eigenvalue weighted by Crippen LogP contribution is 2.05. The van der Waals surface area contributed by atoms with Crippen molar-refractivity contribution in [1.82, 2.24) is 14.7 Å². The van der Waals surface area contributed by atoms with E-state index in [0.29, 0.717) is 6.54 Å². The topological polar surface area (TPSA) is 73.4 Å². The first-order valence-corrected chi connectivity index (χ1v) is 5.04. The largest absolute Gasteiger partial charge is 0.468 e. The van der Waals surface area contributed by atoms with E-state index >= 15 is 0 Å². The maximum absolute atomic E-state index is 11.4. The number of nitrogens with zero attached hydrogens (tertiary/aromatic N) is 3. The van der Waals surface area contributed by atoms with Crippen LogP contribution in [0, 0.1) is 0 Å². The molecule has 0 aromatic carbocycles. The zero-order chi connectivity index (χ0) is 12.1. The molecule has 1 aromatic rings. The lowest BCUT2D eigenvalue weighted by molar-refractivity contribution is -0.146. The molecule has 16 heavy (non-hydrogen) atoms. The van der Waals surface area contributed by atoms with Crippen molar-refractivity contribution in [2.45, 2.75) is 12.6 Å². The van der Waals surface area contributed by atoms with Crippen LogP contribution < -0.4 is 5.73 Å².